The zero-order valence-corrected chi connectivity index (χ0v) is 13.5. The van der Waals surface area contributed by atoms with E-state index < -0.39 is 0 Å². The first-order valence-electron chi connectivity index (χ1n) is 7.43. The lowest BCUT2D eigenvalue weighted by atomic mass is 9.91. The van der Waals surface area contributed by atoms with E-state index in [1.807, 2.05) is 0 Å². The van der Waals surface area contributed by atoms with E-state index in [1.165, 1.54) is 25.7 Å². The first-order valence-corrected chi connectivity index (χ1v) is 8.48. The van der Waals surface area contributed by atoms with E-state index in [0.717, 1.165) is 5.92 Å². The van der Waals surface area contributed by atoms with Crippen LogP contribution < -0.4 is 15.8 Å². The van der Waals surface area contributed by atoms with Crippen molar-refractivity contribution in [1.82, 2.24) is 0 Å². The first kappa shape index (κ1) is 16.0. The van der Waals surface area contributed by atoms with E-state index in [0.29, 0.717) is 28.1 Å². The second-order valence-electron chi connectivity index (χ2n) is 5.71. The van der Waals surface area contributed by atoms with Gasteiger partial charge >= 0.3 is 0 Å². The highest BCUT2D eigenvalue weighted by molar-refractivity contribution is 8.00. The number of nitrogens with two attached hydrogens (primary N) is 1. The Balaban J connectivity index is 1.85. The molecule has 1 amide bonds. The van der Waals surface area contributed by atoms with Crippen molar-refractivity contribution in [1.29, 1.82) is 0 Å². The van der Waals surface area contributed by atoms with Crippen LogP contribution in [0.4, 0.5) is 11.4 Å². The molecule has 116 valence electrons. The summed E-state index contributed by atoms with van der Waals surface area (Å²) in [5, 5.41) is 3.50. The minimum absolute atomic E-state index is 0.00197. The number of carbonyl (C=O) groups excluding carboxylic acids is 1. The van der Waals surface area contributed by atoms with Gasteiger partial charge in [0.05, 0.1) is 18.6 Å². The van der Waals surface area contributed by atoms with Gasteiger partial charge in [-0.3, -0.25) is 4.79 Å². The van der Waals surface area contributed by atoms with E-state index in [2.05, 4.69) is 12.2 Å². The molecule has 5 heteroatoms. The third-order valence-electron chi connectivity index (χ3n) is 3.84. The van der Waals surface area contributed by atoms with Crippen LogP contribution in [0.3, 0.4) is 0 Å². The van der Waals surface area contributed by atoms with Gasteiger partial charge in [0.15, 0.2) is 0 Å². The fraction of sp³-hybridized carbons (Fsp3) is 0.562. The molecule has 1 fully saturated rings. The summed E-state index contributed by atoms with van der Waals surface area (Å²) in [5.41, 5.74) is 7.00. The summed E-state index contributed by atoms with van der Waals surface area (Å²) >= 11 is 1.76. The van der Waals surface area contributed by atoms with Gasteiger partial charge in [0.1, 0.15) is 5.75 Å². The average molecular weight is 308 g/mol. The second kappa shape index (κ2) is 7.59. The largest absolute Gasteiger partial charge is 0.495 e. The number of methoxy groups -OCH3 is 1. The molecule has 21 heavy (non-hydrogen) atoms. The molecule has 4 nitrogen and oxygen atoms in total. The maximum Gasteiger partial charge on any atom is 0.234 e. The quantitative estimate of drug-likeness (QED) is 0.817. The first-order chi connectivity index (χ1) is 10.1. The highest BCUT2D eigenvalue weighted by atomic mass is 32.2. The number of thioether (sulfide) groups is 1. The van der Waals surface area contributed by atoms with Crippen molar-refractivity contribution < 1.29 is 9.53 Å². The summed E-state index contributed by atoms with van der Waals surface area (Å²) in [6, 6.07) is 5.25. The molecule has 1 aliphatic rings. The van der Waals surface area contributed by atoms with E-state index in [1.54, 1.807) is 37.1 Å². The van der Waals surface area contributed by atoms with E-state index in [-0.39, 0.29) is 5.91 Å². The minimum atomic E-state index is 0.00197. The van der Waals surface area contributed by atoms with Gasteiger partial charge in [0.25, 0.3) is 0 Å². The summed E-state index contributed by atoms with van der Waals surface area (Å²) in [4.78, 5) is 12.1. The molecule has 0 heterocycles. The predicted octanol–water partition coefficient (Wildman–Crippen LogP) is 3.53. The van der Waals surface area contributed by atoms with Crippen molar-refractivity contribution >= 4 is 29.0 Å². The van der Waals surface area contributed by atoms with Gasteiger partial charge in [-0.05, 0) is 37.0 Å². The molecule has 0 spiro atoms. The Morgan fingerprint density at radius 2 is 2.29 bits per heavy atom. The van der Waals surface area contributed by atoms with E-state index in [4.69, 9.17) is 10.5 Å². The standard InChI is InChI=1S/C16H24N2O2S/c1-11-4-3-5-13(8-11)21-10-16(19)18-14-9-12(17)6-7-15(14)20-2/h6-7,9,11,13H,3-5,8,10,17H2,1-2H3,(H,18,19). The molecule has 1 aromatic carbocycles. The minimum Gasteiger partial charge on any atom is -0.495 e. The number of nitrogens with one attached hydrogen (secondary N) is 1. The lowest BCUT2D eigenvalue weighted by Gasteiger charge is -2.26. The summed E-state index contributed by atoms with van der Waals surface area (Å²) in [5.74, 6) is 1.90. The highest BCUT2D eigenvalue weighted by Gasteiger charge is 2.20. The molecule has 1 aromatic rings. The SMILES string of the molecule is COc1ccc(N)cc1NC(=O)CSC1CCCC(C)C1. The summed E-state index contributed by atoms with van der Waals surface area (Å²) < 4.78 is 5.23. The third-order valence-corrected chi connectivity index (χ3v) is 5.16. The number of ether oxygens (including phenoxy) is 1. The van der Waals surface area contributed by atoms with E-state index in [9.17, 15) is 4.79 Å². The summed E-state index contributed by atoms with van der Waals surface area (Å²) in [6.45, 7) is 2.30. The summed E-state index contributed by atoms with van der Waals surface area (Å²) in [7, 11) is 1.58. The van der Waals surface area contributed by atoms with Crippen molar-refractivity contribution in [3.05, 3.63) is 18.2 Å². The van der Waals surface area contributed by atoms with Crippen LogP contribution in [-0.2, 0) is 4.79 Å². The van der Waals surface area contributed by atoms with Crippen molar-refractivity contribution in [2.45, 2.75) is 37.9 Å². The number of benzene rings is 1. The maximum atomic E-state index is 12.1. The Morgan fingerprint density at radius 1 is 1.48 bits per heavy atom. The number of rotatable bonds is 5. The van der Waals surface area contributed by atoms with Gasteiger partial charge in [0, 0.05) is 10.9 Å². The predicted molar refractivity (Wildman–Crippen MR) is 89.9 cm³/mol. The van der Waals surface area contributed by atoms with Crippen LogP contribution in [0.2, 0.25) is 0 Å². The molecular formula is C16H24N2O2S. The van der Waals surface area contributed by atoms with Crippen molar-refractivity contribution in [3.8, 4) is 5.75 Å². The molecule has 0 saturated heterocycles. The molecule has 2 unspecified atom stereocenters. The van der Waals surface area contributed by atoms with Crippen LogP contribution in [0.1, 0.15) is 32.6 Å². The molecule has 2 rings (SSSR count). The molecule has 0 aromatic heterocycles. The summed E-state index contributed by atoms with van der Waals surface area (Å²) in [6.07, 6.45) is 5.05. The maximum absolute atomic E-state index is 12.1. The zero-order chi connectivity index (χ0) is 15.2. The lowest BCUT2D eigenvalue weighted by Crippen LogP contribution is -2.20. The number of amides is 1. The Hall–Kier alpha value is -1.36. The molecule has 2 atom stereocenters. The fourth-order valence-corrected chi connectivity index (χ4v) is 3.99. The van der Waals surface area contributed by atoms with E-state index >= 15 is 0 Å². The second-order valence-corrected chi connectivity index (χ2v) is 7.00. The molecule has 1 aliphatic carbocycles. The molecule has 0 radical (unpaired) electrons. The Bertz CT molecular complexity index is 493. The van der Waals surface area contributed by atoms with Crippen LogP contribution in [0.5, 0.6) is 5.75 Å². The number of nitrogen functional groups attached to an aromatic ring is 1. The van der Waals surface area contributed by atoms with Crippen molar-refractivity contribution in [3.63, 3.8) is 0 Å². The Labute approximate surface area is 130 Å². The smallest absolute Gasteiger partial charge is 0.234 e. The molecule has 0 bridgehead atoms. The Morgan fingerprint density at radius 3 is 3.00 bits per heavy atom. The van der Waals surface area contributed by atoms with Gasteiger partial charge in [0.2, 0.25) is 5.91 Å². The van der Waals surface area contributed by atoms with Gasteiger partial charge < -0.3 is 15.8 Å². The fourth-order valence-electron chi connectivity index (χ4n) is 2.73. The average Bonchev–Trinajstić information content (AvgIpc) is 2.45. The highest BCUT2D eigenvalue weighted by Crippen LogP contribution is 2.32. The number of hydrogen-bond donors (Lipinski definition) is 2. The molecule has 3 N–H and O–H groups in total. The lowest BCUT2D eigenvalue weighted by molar-refractivity contribution is -0.113. The van der Waals surface area contributed by atoms with Crippen LogP contribution in [0, 0.1) is 5.92 Å². The van der Waals surface area contributed by atoms with Crippen LogP contribution in [-0.4, -0.2) is 24.0 Å². The molecule has 0 aliphatic heterocycles. The van der Waals surface area contributed by atoms with Gasteiger partial charge in [-0.25, -0.2) is 0 Å². The Kier molecular flexibility index (Phi) is 5.79. The molecule has 1 saturated carbocycles. The van der Waals surface area contributed by atoms with Gasteiger partial charge in [-0.15, -0.1) is 11.8 Å². The number of carbonyl (C=O) groups is 1. The monoisotopic (exact) mass is 308 g/mol. The van der Waals surface area contributed by atoms with Crippen molar-refractivity contribution in [2.75, 3.05) is 23.9 Å². The normalized spacial score (nSPS) is 21.8. The van der Waals surface area contributed by atoms with Crippen molar-refractivity contribution in [2.24, 2.45) is 5.92 Å². The zero-order valence-electron chi connectivity index (χ0n) is 12.7. The van der Waals surface area contributed by atoms with Crippen LogP contribution in [0.15, 0.2) is 18.2 Å². The third kappa shape index (κ3) is 4.84. The van der Waals surface area contributed by atoms with Gasteiger partial charge in [-0.2, -0.15) is 0 Å². The molecular weight excluding hydrogens is 284 g/mol. The van der Waals surface area contributed by atoms with Crippen LogP contribution >= 0.6 is 11.8 Å². The van der Waals surface area contributed by atoms with Gasteiger partial charge in [-0.1, -0.05) is 19.8 Å². The van der Waals surface area contributed by atoms with Crippen LogP contribution in [0.25, 0.3) is 0 Å². The number of anilines is 2. The topological polar surface area (TPSA) is 64.3 Å². The number of hydrogen-bond acceptors (Lipinski definition) is 4.